The molecule has 1 aromatic carbocycles. The number of H-pyrrole nitrogens is 1. The number of hydrogen-bond donors (Lipinski definition) is 2. The summed E-state index contributed by atoms with van der Waals surface area (Å²) in [5.74, 6) is 0.574. The van der Waals surface area contributed by atoms with E-state index in [9.17, 15) is 9.59 Å². The lowest BCUT2D eigenvalue weighted by molar-refractivity contribution is 0.0935. The molecule has 3 aromatic rings. The first-order valence-corrected chi connectivity index (χ1v) is 9.30. The molecule has 0 radical (unpaired) electrons. The molecule has 1 atom stereocenters. The van der Waals surface area contributed by atoms with E-state index in [1.165, 1.54) is 6.07 Å². The van der Waals surface area contributed by atoms with Crippen LogP contribution >= 0.6 is 0 Å². The van der Waals surface area contributed by atoms with Crippen molar-refractivity contribution in [2.75, 3.05) is 0 Å². The molecule has 6 heteroatoms. The molecule has 6 nitrogen and oxygen atoms in total. The second-order valence-electron chi connectivity index (χ2n) is 7.11. The van der Waals surface area contributed by atoms with Crippen LogP contribution in [-0.2, 0) is 6.42 Å². The zero-order chi connectivity index (χ0) is 20.1. The Kier molecular flexibility index (Phi) is 5.99. The lowest BCUT2D eigenvalue weighted by Gasteiger charge is -2.20. The third kappa shape index (κ3) is 4.71. The Hall–Kier alpha value is -3.28. The van der Waals surface area contributed by atoms with Crippen LogP contribution in [0.25, 0.3) is 0 Å². The maximum atomic E-state index is 12.9. The van der Waals surface area contributed by atoms with E-state index < -0.39 is 0 Å². The van der Waals surface area contributed by atoms with Crippen molar-refractivity contribution in [2.24, 2.45) is 0 Å². The summed E-state index contributed by atoms with van der Waals surface area (Å²) < 4.78 is 0. The van der Waals surface area contributed by atoms with Crippen molar-refractivity contribution in [1.29, 1.82) is 0 Å². The summed E-state index contributed by atoms with van der Waals surface area (Å²) in [5, 5.41) is 3.09. The Morgan fingerprint density at radius 3 is 2.61 bits per heavy atom. The number of rotatable bonds is 6. The van der Waals surface area contributed by atoms with Gasteiger partial charge in [-0.1, -0.05) is 44.2 Å². The van der Waals surface area contributed by atoms with Crippen molar-refractivity contribution in [3.63, 3.8) is 0 Å². The molecule has 0 aliphatic carbocycles. The van der Waals surface area contributed by atoms with Crippen LogP contribution in [0.15, 0.2) is 59.7 Å². The highest BCUT2D eigenvalue weighted by Crippen LogP contribution is 2.19. The Morgan fingerprint density at radius 1 is 1.18 bits per heavy atom. The van der Waals surface area contributed by atoms with Gasteiger partial charge in [-0.3, -0.25) is 14.6 Å². The van der Waals surface area contributed by atoms with E-state index in [0.717, 1.165) is 11.1 Å². The van der Waals surface area contributed by atoms with Crippen molar-refractivity contribution in [1.82, 2.24) is 20.3 Å². The molecule has 2 heterocycles. The van der Waals surface area contributed by atoms with Gasteiger partial charge in [-0.25, -0.2) is 4.98 Å². The monoisotopic (exact) mass is 376 g/mol. The highest BCUT2D eigenvalue weighted by molar-refractivity contribution is 5.95. The minimum Gasteiger partial charge on any atom is -0.345 e. The molecule has 0 unspecified atom stereocenters. The highest BCUT2D eigenvalue weighted by atomic mass is 16.1. The fourth-order valence-corrected chi connectivity index (χ4v) is 3.02. The third-order valence-electron chi connectivity index (χ3n) is 4.55. The molecule has 0 spiro atoms. The molecular weight excluding hydrogens is 352 g/mol. The van der Waals surface area contributed by atoms with Gasteiger partial charge in [0, 0.05) is 36.4 Å². The smallest absolute Gasteiger partial charge is 0.252 e. The molecule has 0 bridgehead atoms. The molecule has 0 fully saturated rings. The van der Waals surface area contributed by atoms with Crippen molar-refractivity contribution >= 4 is 5.91 Å². The van der Waals surface area contributed by atoms with Gasteiger partial charge in [0.15, 0.2) is 0 Å². The number of pyridine rings is 1. The first-order valence-electron chi connectivity index (χ1n) is 9.30. The van der Waals surface area contributed by atoms with Crippen molar-refractivity contribution in [3.8, 4) is 0 Å². The Bertz CT molecular complexity index is 1010. The molecule has 0 aliphatic heterocycles. The zero-order valence-corrected chi connectivity index (χ0v) is 16.3. The summed E-state index contributed by atoms with van der Waals surface area (Å²) in [6.07, 6.45) is 3.69. The van der Waals surface area contributed by atoms with E-state index in [1.807, 2.05) is 51.1 Å². The molecule has 28 heavy (non-hydrogen) atoms. The average molecular weight is 376 g/mol. The molecule has 0 saturated carbocycles. The van der Waals surface area contributed by atoms with E-state index >= 15 is 0 Å². The molecule has 144 valence electrons. The summed E-state index contributed by atoms with van der Waals surface area (Å²) in [6, 6.07) is 12.6. The Labute approximate surface area is 164 Å². The van der Waals surface area contributed by atoms with E-state index in [0.29, 0.717) is 23.5 Å². The van der Waals surface area contributed by atoms with Crippen molar-refractivity contribution < 1.29 is 4.79 Å². The highest BCUT2D eigenvalue weighted by Gasteiger charge is 2.19. The third-order valence-corrected chi connectivity index (χ3v) is 4.55. The number of benzene rings is 1. The van der Waals surface area contributed by atoms with Crippen LogP contribution in [0.3, 0.4) is 0 Å². The average Bonchev–Trinajstić information content (AvgIpc) is 2.68. The van der Waals surface area contributed by atoms with Crippen molar-refractivity contribution in [2.45, 2.75) is 39.2 Å². The second-order valence-corrected chi connectivity index (χ2v) is 7.11. The number of hydrogen-bond acceptors (Lipinski definition) is 4. The standard InChI is InChI=1S/C22H24N4O2/c1-14(2)21-24-17(12-20(27)26-21)11-19(16-7-5-4-6-8-16)25-22(28)18-9-10-23-13-15(18)3/h4-10,12-14,19H,11H2,1-3H3,(H,25,28)(H,24,26,27)/t19-/m1/s1. The van der Waals surface area contributed by atoms with Crippen LogP contribution in [0, 0.1) is 6.92 Å². The Morgan fingerprint density at radius 2 is 1.93 bits per heavy atom. The van der Waals surface area contributed by atoms with Gasteiger partial charge in [0.1, 0.15) is 5.82 Å². The van der Waals surface area contributed by atoms with Crippen LogP contribution in [-0.4, -0.2) is 20.9 Å². The summed E-state index contributed by atoms with van der Waals surface area (Å²) in [5.41, 5.74) is 2.81. The van der Waals surface area contributed by atoms with Crippen LogP contribution in [0.4, 0.5) is 0 Å². The van der Waals surface area contributed by atoms with E-state index in [1.54, 1.807) is 18.5 Å². The molecule has 1 amide bonds. The fraction of sp³-hybridized carbons (Fsp3) is 0.273. The lowest BCUT2D eigenvalue weighted by atomic mass is 10.0. The first kappa shape index (κ1) is 19.5. The minimum absolute atomic E-state index is 0.108. The number of carbonyl (C=O) groups excluding carboxylic acids is 1. The molecular formula is C22H24N4O2. The quantitative estimate of drug-likeness (QED) is 0.691. The summed E-state index contributed by atoms with van der Waals surface area (Å²) in [6.45, 7) is 5.81. The fourth-order valence-electron chi connectivity index (χ4n) is 3.02. The zero-order valence-electron chi connectivity index (χ0n) is 16.3. The number of carbonyl (C=O) groups is 1. The van der Waals surface area contributed by atoms with Gasteiger partial charge >= 0.3 is 0 Å². The maximum absolute atomic E-state index is 12.9. The Balaban J connectivity index is 1.92. The van der Waals surface area contributed by atoms with Crippen molar-refractivity contribution in [3.05, 3.63) is 93.4 Å². The number of nitrogens with zero attached hydrogens (tertiary/aromatic N) is 2. The second kappa shape index (κ2) is 8.61. The van der Waals surface area contributed by atoms with E-state index in [2.05, 4.69) is 20.3 Å². The van der Waals surface area contributed by atoms with Crippen LogP contribution in [0.5, 0.6) is 0 Å². The summed E-state index contributed by atoms with van der Waals surface area (Å²) in [7, 11) is 0. The lowest BCUT2D eigenvalue weighted by Crippen LogP contribution is -2.31. The van der Waals surface area contributed by atoms with Gasteiger partial charge in [-0.2, -0.15) is 0 Å². The molecule has 3 rings (SSSR count). The number of aromatic nitrogens is 3. The summed E-state index contributed by atoms with van der Waals surface area (Å²) >= 11 is 0. The van der Waals surface area contributed by atoms with Gasteiger partial charge in [0.05, 0.1) is 11.7 Å². The van der Waals surface area contributed by atoms with Crippen LogP contribution in [0.2, 0.25) is 0 Å². The van der Waals surface area contributed by atoms with Gasteiger partial charge in [0.2, 0.25) is 0 Å². The molecule has 2 N–H and O–H groups in total. The van der Waals surface area contributed by atoms with Gasteiger partial charge in [0.25, 0.3) is 11.5 Å². The molecule has 0 saturated heterocycles. The normalized spacial score (nSPS) is 12.0. The summed E-state index contributed by atoms with van der Waals surface area (Å²) in [4.78, 5) is 36.3. The number of aryl methyl sites for hydroxylation is 1. The first-order chi connectivity index (χ1) is 13.4. The number of amides is 1. The van der Waals surface area contributed by atoms with E-state index in [4.69, 9.17) is 0 Å². The number of aromatic amines is 1. The predicted molar refractivity (Wildman–Crippen MR) is 108 cm³/mol. The predicted octanol–water partition coefficient (Wildman–Crippen LogP) is 3.31. The van der Waals surface area contributed by atoms with Crippen LogP contribution < -0.4 is 10.9 Å². The SMILES string of the molecule is Cc1cnccc1C(=O)N[C@H](Cc1cc(=O)[nH]c(C(C)C)n1)c1ccccc1. The molecule has 0 aliphatic rings. The van der Waals surface area contributed by atoms with Gasteiger partial charge in [-0.05, 0) is 24.1 Å². The van der Waals surface area contributed by atoms with Gasteiger partial charge < -0.3 is 10.3 Å². The maximum Gasteiger partial charge on any atom is 0.252 e. The topological polar surface area (TPSA) is 87.7 Å². The van der Waals surface area contributed by atoms with E-state index in [-0.39, 0.29) is 23.4 Å². The largest absolute Gasteiger partial charge is 0.345 e. The van der Waals surface area contributed by atoms with Crippen LogP contribution in [0.1, 0.15) is 58.8 Å². The molecule has 2 aromatic heterocycles. The number of nitrogens with one attached hydrogen (secondary N) is 2. The minimum atomic E-state index is -0.310. The van der Waals surface area contributed by atoms with Gasteiger partial charge in [-0.15, -0.1) is 0 Å².